The molecule has 0 spiro atoms. The Morgan fingerprint density at radius 3 is 2.18 bits per heavy atom. The molecule has 0 bridgehead atoms. The number of benzene rings is 2. The standard InChI is InChI=1S/C23H28N2O3/c1-4-25(5-2)14-8-9-15(3)24-18-12-13-19(26)21-20(18)22(27)16-10-6-7-11-17(16)23(21)28/h6-7,10-13,15,24,26H,4-5,8-9,14H2,1-3H3. The zero-order valence-corrected chi connectivity index (χ0v) is 16.8. The van der Waals surface area contributed by atoms with Gasteiger partial charge in [0.15, 0.2) is 11.6 Å². The summed E-state index contributed by atoms with van der Waals surface area (Å²) in [4.78, 5) is 28.3. The van der Waals surface area contributed by atoms with Crippen LogP contribution in [0.5, 0.6) is 5.75 Å². The van der Waals surface area contributed by atoms with Gasteiger partial charge in [-0.3, -0.25) is 9.59 Å². The highest BCUT2D eigenvalue weighted by molar-refractivity contribution is 6.31. The first-order chi connectivity index (χ1) is 13.5. The Labute approximate surface area is 166 Å². The lowest BCUT2D eigenvalue weighted by molar-refractivity contribution is 0.0977. The van der Waals surface area contributed by atoms with Crippen LogP contribution in [0.3, 0.4) is 0 Å². The predicted molar refractivity (Wildman–Crippen MR) is 112 cm³/mol. The Balaban J connectivity index is 1.83. The van der Waals surface area contributed by atoms with Gasteiger partial charge in [0.1, 0.15) is 5.75 Å². The van der Waals surface area contributed by atoms with Crippen molar-refractivity contribution >= 4 is 17.3 Å². The molecule has 0 radical (unpaired) electrons. The van der Waals surface area contributed by atoms with Gasteiger partial charge in [-0.2, -0.15) is 0 Å². The van der Waals surface area contributed by atoms with Crippen LogP contribution in [0, 0.1) is 0 Å². The summed E-state index contributed by atoms with van der Waals surface area (Å²) in [6.07, 6.45) is 2.00. The molecule has 2 aromatic carbocycles. The van der Waals surface area contributed by atoms with Gasteiger partial charge in [0.05, 0.1) is 11.1 Å². The van der Waals surface area contributed by atoms with Crippen LogP contribution in [0.1, 0.15) is 65.5 Å². The number of phenols is 1. The number of rotatable bonds is 8. The summed E-state index contributed by atoms with van der Waals surface area (Å²) in [5.41, 5.74) is 1.72. The van der Waals surface area contributed by atoms with E-state index in [0.29, 0.717) is 16.8 Å². The summed E-state index contributed by atoms with van der Waals surface area (Å²) in [5.74, 6) is -0.679. The fraction of sp³-hybridized carbons (Fsp3) is 0.391. The molecule has 148 valence electrons. The Hall–Kier alpha value is -2.66. The molecule has 0 fully saturated rings. The van der Waals surface area contributed by atoms with Crippen LogP contribution in [0.15, 0.2) is 36.4 Å². The number of carbonyl (C=O) groups is 2. The van der Waals surface area contributed by atoms with Crippen LogP contribution in [0.2, 0.25) is 0 Å². The quantitative estimate of drug-likeness (QED) is 0.576. The van der Waals surface area contributed by atoms with Crippen molar-refractivity contribution in [3.05, 3.63) is 58.7 Å². The molecule has 28 heavy (non-hydrogen) atoms. The fourth-order valence-electron chi connectivity index (χ4n) is 3.82. The summed E-state index contributed by atoms with van der Waals surface area (Å²) in [6.45, 7) is 9.52. The first-order valence-corrected chi connectivity index (χ1v) is 10.0. The van der Waals surface area contributed by atoms with Crippen molar-refractivity contribution in [2.45, 2.75) is 39.7 Å². The molecule has 5 heteroatoms. The number of ketones is 2. The second-order valence-electron chi connectivity index (χ2n) is 7.30. The highest BCUT2D eigenvalue weighted by atomic mass is 16.3. The maximum atomic E-state index is 13.1. The second kappa shape index (κ2) is 8.57. The van der Waals surface area contributed by atoms with Gasteiger partial charge in [0.2, 0.25) is 0 Å². The number of phenolic OH excluding ortho intramolecular Hbond substituents is 1. The average Bonchev–Trinajstić information content (AvgIpc) is 2.70. The molecule has 0 saturated carbocycles. The predicted octanol–water partition coefficient (Wildman–Crippen LogP) is 4.09. The van der Waals surface area contributed by atoms with Crippen molar-refractivity contribution in [2.24, 2.45) is 0 Å². The lowest BCUT2D eigenvalue weighted by Gasteiger charge is -2.24. The van der Waals surface area contributed by atoms with Crippen LogP contribution in [0.4, 0.5) is 5.69 Å². The van der Waals surface area contributed by atoms with Gasteiger partial charge in [-0.1, -0.05) is 38.1 Å². The number of hydrogen-bond donors (Lipinski definition) is 2. The van der Waals surface area contributed by atoms with Crippen molar-refractivity contribution in [3.63, 3.8) is 0 Å². The van der Waals surface area contributed by atoms with Crippen molar-refractivity contribution in [3.8, 4) is 5.75 Å². The van der Waals surface area contributed by atoms with Crippen LogP contribution >= 0.6 is 0 Å². The van der Waals surface area contributed by atoms with E-state index >= 15 is 0 Å². The van der Waals surface area contributed by atoms with Gasteiger partial charge in [-0.15, -0.1) is 0 Å². The minimum Gasteiger partial charge on any atom is -0.507 e. The lowest BCUT2D eigenvalue weighted by Crippen LogP contribution is -2.27. The molecule has 1 atom stereocenters. The maximum absolute atomic E-state index is 13.1. The van der Waals surface area contributed by atoms with E-state index in [4.69, 9.17) is 0 Å². The molecule has 0 heterocycles. The van der Waals surface area contributed by atoms with E-state index in [0.717, 1.165) is 32.5 Å². The van der Waals surface area contributed by atoms with E-state index in [-0.39, 0.29) is 34.5 Å². The van der Waals surface area contributed by atoms with Gasteiger partial charge in [-0.05, 0) is 51.5 Å². The molecule has 1 aliphatic carbocycles. The number of carbonyl (C=O) groups excluding carboxylic acids is 2. The lowest BCUT2D eigenvalue weighted by atomic mass is 9.82. The topological polar surface area (TPSA) is 69.6 Å². The van der Waals surface area contributed by atoms with Gasteiger partial charge < -0.3 is 15.3 Å². The smallest absolute Gasteiger partial charge is 0.198 e. The second-order valence-corrected chi connectivity index (χ2v) is 7.30. The van der Waals surface area contributed by atoms with Crippen LogP contribution in [-0.4, -0.2) is 47.2 Å². The zero-order valence-electron chi connectivity index (χ0n) is 16.8. The third-order valence-electron chi connectivity index (χ3n) is 5.46. The van der Waals surface area contributed by atoms with E-state index in [1.54, 1.807) is 30.3 Å². The average molecular weight is 380 g/mol. The zero-order chi connectivity index (χ0) is 20.3. The summed E-state index contributed by atoms with van der Waals surface area (Å²) in [6, 6.07) is 10.1. The van der Waals surface area contributed by atoms with E-state index in [9.17, 15) is 14.7 Å². The molecule has 5 nitrogen and oxygen atoms in total. The van der Waals surface area contributed by atoms with Crippen LogP contribution in [-0.2, 0) is 0 Å². The van der Waals surface area contributed by atoms with E-state index < -0.39 is 0 Å². The highest BCUT2D eigenvalue weighted by Gasteiger charge is 2.34. The molecular weight excluding hydrogens is 352 g/mol. The van der Waals surface area contributed by atoms with E-state index in [2.05, 4.69) is 31.0 Å². The van der Waals surface area contributed by atoms with Gasteiger partial charge in [0, 0.05) is 22.9 Å². The molecular formula is C23H28N2O3. The van der Waals surface area contributed by atoms with E-state index in [1.165, 1.54) is 6.07 Å². The molecule has 3 rings (SSSR count). The summed E-state index contributed by atoms with van der Waals surface area (Å²) < 4.78 is 0. The fourth-order valence-corrected chi connectivity index (χ4v) is 3.82. The number of hydrogen-bond acceptors (Lipinski definition) is 5. The Morgan fingerprint density at radius 2 is 1.57 bits per heavy atom. The number of aromatic hydroxyl groups is 1. The summed E-state index contributed by atoms with van der Waals surface area (Å²) in [7, 11) is 0. The summed E-state index contributed by atoms with van der Waals surface area (Å²) >= 11 is 0. The molecule has 2 aromatic rings. The Morgan fingerprint density at radius 1 is 0.964 bits per heavy atom. The molecule has 0 amide bonds. The first-order valence-electron chi connectivity index (χ1n) is 10.0. The number of anilines is 1. The SMILES string of the molecule is CCN(CC)CCCC(C)Nc1ccc(O)c2c1C(=O)c1ccccc1C2=O. The number of nitrogens with one attached hydrogen (secondary N) is 1. The summed E-state index contributed by atoms with van der Waals surface area (Å²) in [5, 5.41) is 13.7. The van der Waals surface area contributed by atoms with Crippen molar-refractivity contribution in [1.82, 2.24) is 4.90 Å². The monoisotopic (exact) mass is 380 g/mol. The van der Waals surface area contributed by atoms with Crippen LogP contribution in [0.25, 0.3) is 0 Å². The first kappa shape index (κ1) is 20.1. The van der Waals surface area contributed by atoms with Crippen molar-refractivity contribution in [2.75, 3.05) is 25.0 Å². The molecule has 0 saturated heterocycles. The van der Waals surface area contributed by atoms with Crippen LogP contribution < -0.4 is 5.32 Å². The van der Waals surface area contributed by atoms with E-state index in [1.807, 2.05) is 0 Å². The van der Waals surface area contributed by atoms with Crippen molar-refractivity contribution in [1.29, 1.82) is 0 Å². The normalized spacial score (nSPS) is 14.0. The minimum atomic E-state index is -0.305. The third-order valence-corrected chi connectivity index (χ3v) is 5.46. The van der Waals surface area contributed by atoms with Crippen molar-refractivity contribution < 1.29 is 14.7 Å². The maximum Gasteiger partial charge on any atom is 0.198 e. The highest BCUT2D eigenvalue weighted by Crippen LogP contribution is 2.37. The third kappa shape index (κ3) is 3.80. The number of fused-ring (bicyclic) bond motifs is 2. The molecule has 0 aromatic heterocycles. The molecule has 1 unspecified atom stereocenters. The minimum absolute atomic E-state index is 0.101. The molecule has 1 aliphatic rings. The molecule has 2 N–H and O–H groups in total. The Kier molecular flexibility index (Phi) is 6.15. The van der Waals surface area contributed by atoms with Gasteiger partial charge in [0.25, 0.3) is 0 Å². The largest absolute Gasteiger partial charge is 0.507 e. The molecule has 0 aliphatic heterocycles. The number of nitrogens with zero attached hydrogens (tertiary/aromatic N) is 1. The van der Waals surface area contributed by atoms with Gasteiger partial charge in [-0.25, -0.2) is 0 Å². The Bertz CT molecular complexity index is 887. The van der Waals surface area contributed by atoms with Gasteiger partial charge >= 0.3 is 0 Å².